The molecular formula is C11H22N2S2. The third-order valence-electron chi connectivity index (χ3n) is 2.63. The van der Waals surface area contributed by atoms with Crippen LogP contribution in [-0.2, 0) is 0 Å². The van der Waals surface area contributed by atoms with E-state index in [9.17, 15) is 0 Å². The summed E-state index contributed by atoms with van der Waals surface area (Å²) < 4.78 is 0. The Morgan fingerprint density at radius 2 is 2.33 bits per heavy atom. The van der Waals surface area contributed by atoms with Crippen LogP contribution in [0, 0.1) is 5.92 Å². The largest absolute Gasteiger partial charge is 0.361 e. The van der Waals surface area contributed by atoms with Crippen LogP contribution in [0.2, 0.25) is 0 Å². The van der Waals surface area contributed by atoms with Crippen molar-refractivity contribution in [2.75, 3.05) is 17.8 Å². The Hall–Kier alpha value is 0.170. The highest BCUT2D eigenvalue weighted by Crippen LogP contribution is 2.22. The number of aliphatic imine (C=N–C) groups is 1. The molecule has 0 aromatic heterocycles. The fourth-order valence-corrected chi connectivity index (χ4v) is 3.42. The van der Waals surface area contributed by atoms with Crippen LogP contribution in [-0.4, -0.2) is 35.0 Å². The smallest absolute Gasteiger partial charge is 0.157 e. The molecule has 1 heterocycles. The van der Waals surface area contributed by atoms with Gasteiger partial charge in [0.15, 0.2) is 5.17 Å². The van der Waals surface area contributed by atoms with Crippen LogP contribution in [0.4, 0.5) is 0 Å². The molecule has 0 amide bonds. The Labute approximate surface area is 102 Å². The highest BCUT2D eigenvalue weighted by Gasteiger charge is 2.22. The molecular weight excluding hydrogens is 224 g/mol. The standard InChI is InChI=1S/C11H22N2S2/c1-5-9(6-14-4)12-11-13-10(7-15-11)8(2)3/h8-10H,5-7H2,1-4H3,(H,12,13)/t9?,10-/m1/s1. The van der Waals surface area contributed by atoms with Gasteiger partial charge < -0.3 is 5.32 Å². The van der Waals surface area contributed by atoms with Crippen LogP contribution in [0.15, 0.2) is 4.99 Å². The second kappa shape index (κ2) is 6.69. The van der Waals surface area contributed by atoms with Crippen molar-refractivity contribution in [1.82, 2.24) is 5.32 Å². The van der Waals surface area contributed by atoms with Crippen LogP contribution in [0.25, 0.3) is 0 Å². The van der Waals surface area contributed by atoms with Crippen molar-refractivity contribution in [1.29, 1.82) is 0 Å². The number of rotatable bonds is 5. The molecule has 88 valence electrons. The zero-order valence-corrected chi connectivity index (χ0v) is 11.8. The molecule has 0 aromatic carbocycles. The molecule has 1 aliphatic rings. The van der Waals surface area contributed by atoms with E-state index in [0.717, 1.165) is 10.9 Å². The number of hydrogen-bond donors (Lipinski definition) is 1. The molecule has 0 saturated carbocycles. The van der Waals surface area contributed by atoms with E-state index in [1.54, 1.807) is 0 Å². The molecule has 0 fully saturated rings. The average Bonchev–Trinajstić information content (AvgIpc) is 2.65. The first-order chi connectivity index (χ1) is 7.17. The first-order valence-electron chi connectivity index (χ1n) is 5.63. The van der Waals surface area contributed by atoms with Gasteiger partial charge in [0, 0.05) is 17.5 Å². The van der Waals surface area contributed by atoms with Crippen molar-refractivity contribution in [3.05, 3.63) is 0 Å². The van der Waals surface area contributed by atoms with Gasteiger partial charge in [-0.3, -0.25) is 4.99 Å². The Bertz CT molecular complexity index is 217. The van der Waals surface area contributed by atoms with E-state index in [0.29, 0.717) is 18.0 Å². The number of thioether (sulfide) groups is 2. The summed E-state index contributed by atoms with van der Waals surface area (Å²) in [4.78, 5) is 4.72. The van der Waals surface area contributed by atoms with Crippen LogP contribution in [0.1, 0.15) is 27.2 Å². The van der Waals surface area contributed by atoms with Gasteiger partial charge in [-0.05, 0) is 18.6 Å². The molecule has 1 rings (SSSR count). The summed E-state index contributed by atoms with van der Waals surface area (Å²) >= 11 is 3.78. The monoisotopic (exact) mass is 246 g/mol. The van der Waals surface area contributed by atoms with E-state index in [4.69, 9.17) is 4.99 Å². The lowest BCUT2D eigenvalue weighted by Gasteiger charge is -2.16. The van der Waals surface area contributed by atoms with Gasteiger partial charge in [0.05, 0.1) is 6.04 Å². The summed E-state index contributed by atoms with van der Waals surface area (Å²) in [7, 11) is 0. The quantitative estimate of drug-likeness (QED) is 0.807. The highest BCUT2D eigenvalue weighted by atomic mass is 32.2. The Morgan fingerprint density at radius 3 is 2.80 bits per heavy atom. The van der Waals surface area contributed by atoms with Crippen molar-refractivity contribution in [3.8, 4) is 0 Å². The molecule has 2 nitrogen and oxygen atoms in total. The fraction of sp³-hybridized carbons (Fsp3) is 0.909. The first-order valence-corrected chi connectivity index (χ1v) is 8.01. The maximum Gasteiger partial charge on any atom is 0.157 e. The van der Waals surface area contributed by atoms with E-state index in [1.807, 2.05) is 23.5 Å². The van der Waals surface area contributed by atoms with Crippen LogP contribution in [0.3, 0.4) is 0 Å². The number of hydrogen-bond acceptors (Lipinski definition) is 4. The molecule has 0 aromatic rings. The lowest BCUT2D eigenvalue weighted by Crippen LogP contribution is -2.33. The Kier molecular flexibility index (Phi) is 5.90. The van der Waals surface area contributed by atoms with E-state index in [2.05, 4.69) is 32.3 Å². The van der Waals surface area contributed by atoms with E-state index in [1.165, 1.54) is 12.2 Å². The molecule has 0 saturated heterocycles. The molecule has 1 unspecified atom stereocenters. The second-order valence-electron chi connectivity index (χ2n) is 4.26. The van der Waals surface area contributed by atoms with Crippen molar-refractivity contribution >= 4 is 28.7 Å². The van der Waals surface area contributed by atoms with Gasteiger partial charge in [-0.15, -0.1) is 0 Å². The highest BCUT2D eigenvalue weighted by molar-refractivity contribution is 8.14. The fourth-order valence-electron chi connectivity index (χ4n) is 1.45. The van der Waals surface area contributed by atoms with E-state index < -0.39 is 0 Å². The predicted octanol–water partition coefficient (Wildman–Crippen LogP) is 2.85. The zero-order valence-electron chi connectivity index (χ0n) is 10.1. The van der Waals surface area contributed by atoms with Crippen molar-refractivity contribution in [3.63, 3.8) is 0 Å². The third-order valence-corrected chi connectivity index (χ3v) is 4.37. The predicted molar refractivity (Wildman–Crippen MR) is 74.1 cm³/mol. The number of nitrogens with zero attached hydrogens (tertiary/aromatic N) is 1. The van der Waals surface area contributed by atoms with Gasteiger partial charge in [-0.25, -0.2) is 0 Å². The van der Waals surface area contributed by atoms with Crippen molar-refractivity contribution in [2.45, 2.75) is 39.3 Å². The maximum atomic E-state index is 4.72. The van der Waals surface area contributed by atoms with Gasteiger partial charge in [-0.2, -0.15) is 11.8 Å². The van der Waals surface area contributed by atoms with Gasteiger partial charge >= 0.3 is 0 Å². The summed E-state index contributed by atoms with van der Waals surface area (Å²) in [6.45, 7) is 6.72. The second-order valence-corrected chi connectivity index (χ2v) is 6.18. The summed E-state index contributed by atoms with van der Waals surface area (Å²) in [6, 6.07) is 1.10. The minimum absolute atomic E-state index is 0.518. The molecule has 0 bridgehead atoms. The molecule has 1 aliphatic heterocycles. The molecule has 4 heteroatoms. The molecule has 0 radical (unpaired) electrons. The first kappa shape index (κ1) is 13.2. The van der Waals surface area contributed by atoms with Crippen LogP contribution < -0.4 is 5.32 Å². The lowest BCUT2D eigenvalue weighted by atomic mass is 10.1. The molecule has 2 atom stereocenters. The zero-order chi connectivity index (χ0) is 11.3. The van der Waals surface area contributed by atoms with Gasteiger partial charge in [0.1, 0.15) is 0 Å². The van der Waals surface area contributed by atoms with Gasteiger partial charge in [0.25, 0.3) is 0 Å². The third kappa shape index (κ3) is 4.27. The molecule has 0 spiro atoms. The van der Waals surface area contributed by atoms with Crippen LogP contribution in [0.5, 0.6) is 0 Å². The Balaban J connectivity index is 2.41. The number of amidine groups is 1. The van der Waals surface area contributed by atoms with Crippen molar-refractivity contribution < 1.29 is 0 Å². The average molecular weight is 246 g/mol. The normalized spacial score (nSPS) is 23.0. The van der Waals surface area contributed by atoms with Crippen LogP contribution >= 0.6 is 23.5 Å². The minimum atomic E-state index is 0.518. The summed E-state index contributed by atoms with van der Waals surface area (Å²) in [5, 5.41) is 4.71. The maximum absolute atomic E-state index is 4.72. The lowest BCUT2D eigenvalue weighted by molar-refractivity contribution is 0.540. The SMILES string of the molecule is CCC(CSC)NC1=N[C@@H](C(C)C)CS1. The van der Waals surface area contributed by atoms with E-state index in [-0.39, 0.29) is 0 Å². The summed E-state index contributed by atoms with van der Waals surface area (Å²) in [5.41, 5.74) is 0. The minimum Gasteiger partial charge on any atom is -0.361 e. The topological polar surface area (TPSA) is 24.4 Å². The van der Waals surface area contributed by atoms with Gasteiger partial charge in [0.2, 0.25) is 0 Å². The molecule has 1 N–H and O–H groups in total. The Morgan fingerprint density at radius 1 is 1.60 bits per heavy atom. The van der Waals surface area contributed by atoms with Gasteiger partial charge in [-0.1, -0.05) is 32.5 Å². The van der Waals surface area contributed by atoms with E-state index >= 15 is 0 Å². The van der Waals surface area contributed by atoms with Crippen molar-refractivity contribution in [2.24, 2.45) is 10.9 Å². The summed E-state index contributed by atoms with van der Waals surface area (Å²) in [5.74, 6) is 2.98. The molecule has 15 heavy (non-hydrogen) atoms. The molecule has 0 aliphatic carbocycles. The summed E-state index contributed by atoms with van der Waals surface area (Å²) in [6.07, 6.45) is 3.33. The number of nitrogens with one attached hydrogen (secondary N) is 1.